The molecular weight excluding hydrogens is 342 g/mol. The number of nitrogens with zero attached hydrogens (tertiary/aromatic N) is 3. The van der Waals surface area contributed by atoms with Gasteiger partial charge < -0.3 is 14.9 Å². The third-order valence-corrected chi connectivity index (χ3v) is 6.53. The Morgan fingerprint density at radius 3 is 2.41 bits per heavy atom. The summed E-state index contributed by atoms with van der Waals surface area (Å²) in [4.78, 5) is 33.4. The lowest BCUT2D eigenvalue weighted by Gasteiger charge is -2.33. The first-order valence-electron chi connectivity index (χ1n) is 10.4. The van der Waals surface area contributed by atoms with E-state index in [9.17, 15) is 14.7 Å². The van der Waals surface area contributed by atoms with Crippen LogP contribution in [0.1, 0.15) is 68.1 Å². The summed E-state index contributed by atoms with van der Waals surface area (Å²) in [5.74, 6) is 0.187. The van der Waals surface area contributed by atoms with Crippen molar-refractivity contribution in [3.05, 3.63) is 23.9 Å². The van der Waals surface area contributed by atoms with Crippen LogP contribution < -0.4 is 4.90 Å². The van der Waals surface area contributed by atoms with E-state index in [1.165, 1.54) is 25.7 Å². The molecule has 3 aliphatic rings. The van der Waals surface area contributed by atoms with Gasteiger partial charge in [-0.25, -0.2) is 9.78 Å². The van der Waals surface area contributed by atoms with Crippen molar-refractivity contribution in [3.8, 4) is 0 Å². The second-order valence-electron chi connectivity index (χ2n) is 8.22. The second kappa shape index (κ2) is 7.87. The third kappa shape index (κ3) is 3.66. The summed E-state index contributed by atoms with van der Waals surface area (Å²) in [6, 6.07) is 3.11. The Hall–Kier alpha value is -2.11. The van der Waals surface area contributed by atoms with Gasteiger partial charge in [0.1, 0.15) is 11.9 Å². The highest BCUT2D eigenvalue weighted by Gasteiger charge is 2.47. The van der Waals surface area contributed by atoms with Gasteiger partial charge in [-0.2, -0.15) is 0 Å². The molecule has 1 aliphatic carbocycles. The number of rotatable bonds is 3. The van der Waals surface area contributed by atoms with E-state index in [1.54, 1.807) is 11.1 Å². The minimum atomic E-state index is -0.883. The smallest absolute Gasteiger partial charge is 0.326 e. The highest BCUT2D eigenvalue weighted by Crippen LogP contribution is 2.40. The zero-order valence-electron chi connectivity index (χ0n) is 15.8. The molecule has 1 saturated carbocycles. The summed E-state index contributed by atoms with van der Waals surface area (Å²) in [5.41, 5.74) is 0.506. The number of likely N-dealkylation sites (tertiary alicyclic amines) is 1. The van der Waals surface area contributed by atoms with Gasteiger partial charge >= 0.3 is 5.97 Å². The fourth-order valence-corrected chi connectivity index (χ4v) is 5.12. The summed E-state index contributed by atoms with van der Waals surface area (Å²) in [6.07, 6.45) is 11.3. The Morgan fingerprint density at radius 2 is 1.74 bits per heavy atom. The van der Waals surface area contributed by atoms with Crippen molar-refractivity contribution in [3.63, 3.8) is 0 Å². The van der Waals surface area contributed by atoms with E-state index >= 15 is 0 Å². The molecule has 1 N–H and O–H groups in total. The predicted octanol–water partition coefficient (Wildman–Crippen LogP) is 3.32. The second-order valence-corrected chi connectivity index (χ2v) is 8.22. The molecule has 3 atom stereocenters. The van der Waals surface area contributed by atoms with Crippen LogP contribution in [0.5, 0.6) is 0 Å². The molecule has 4 rings (SSSR count). The first-order chi connectivity index (χ1) is 13.1. The van der Waals surface area contributed by atoms with Gasteiger partial charge in [0.2, 0.25) is 0 Å². The molecule has 2 saturated heterocycles. The van der Waals surface area contributed by atoms with Crippen molar-refractivity contribution in [2.45, 2.75) is 69.9 Å². The van der Waals surface area contributed by atoms with Crippen LogP contribution in [0.25, 0.3) is 0 Å². The zero-order chi connectivity index (χ0) is 18.8. The Bertz CT molecular complexity index is 682. The van der Waals surface area contributed by atoms with Crippen LogP contribution in [-0.4, -0.2) is 52.0 Å². The Labute approximate surface area is 160 Å². The van der Waals surface area contributed by atoms with E-state index in [1.807, 2.05) is 12.1 Å². The normalized spacial score (nSPS) is 28.5. The quantitative estimate of drug-likeness (QED) is 0.882. The van der Waals surface area contributed by atoms with Crippen LogP contribution in [0.2, 0.25) is 0 Å². The average molecular weight is 371 g/mol. The molecule has 27 heavy (non-hydrogen) atoms. The SMILES string of the molecule is O=C(O)C1CC2CCCCC2N1C(=O)c1ccc(N2CCCCCC2)nc1. The first kappa shape index (κ1) is 18.3. The highest BCUT2D eigenvalue weighted by atomic mass is 16.4. The molecule has 0 aromatic carbocycles. The molecule has 1 aromatic rings. The Kier molecular flexibility index (Phi) is 5.32. The van der Waals surface area contributed by atoms with Gasteiger partial charge in [-0.15, -0.1) is 0 Å². The number of hydrogen-bond donors (Lipinski definition) is 1. The third-order valence-electron chi connectivity index (χ3n) is 6.53. The number of carbonyl (C=O) groups is 2. The van der Waals surface area contributed by atoms with Gasteiger partial charge in [0.15, 0.2) is 0 Å². The maximum absolute atomic E-state index is 13.2. The van der Waals surface area contributed by atoms with Gasteiger partial charge in [0, 0.05) is 25.3 Å². The summed E-state index contributed by atoms with van der Waals surface area (Å²) < 4.78 is 0. The fraction of sp³-hybridized carbons (Fsp3) is 0.667. The molecule has 1 aromatic heterocycles. The standard InChI is InChI=1S/C21H29N3O3/c25-20(24-17-8-4-3-7-15(17)13-18(24)21(26)27)16-9-10-19(22-14-16)23-11-5-1-2-6-12-23/h9-10,14-15,17-18H,1-8,11-13H2,(H,26,27). The molecule has 6 heteroatoms. The number of carboxylic acid groups (broad SMARTS) is 1. The Morgan fingerprint density at radius 1 is 1.00 bits per heavy atom. The maximum Gasteiger partial charge on any atom is 0.326 e. The van der Waals surface area contributed by atoms with Crippen LogP contribution >= 0.6 is 0 Å². The molecule has 146 valence electrons. The number of amides is 1. The molecule has 3 unspecified atom stereocenters. The molecule has 0 bridgehead atoms. The molecule has 3 fully saturated rings. The molecule has 1 amide bonds. The number of carbonyl (C=O) groups excluding carboxylic acids is 1. The minimum Gasteiger partial charge on any atom is -0.480 e. The van der Waals surface area contributed by atoms with Crippen LogP contribution in [0.3, 0.4) is 0 Å². The topological polar surface area (TPSA) is 73.7 Å². The van der Waals surface area contributed by atoms with E-state index in [-0.39, 0.29) is 11.9 Å². The largest absolute Gasteiger partial charge is 0.480 e. The summed E-state index contributed by atoms with van der Waals surface area (Å²) in [5, 5.41) is 9.65. The molecule has 2 aliphatic heterocycles. The van der Waals surface area contributed by atoms with Crippen molar-refractivity contribution in [2.24, 2.45) is 5.92 Å². The summed E-state index contributed by atoms with van der Waals surface area (Å²) in [6.45, 7) is 2.02. The van der Waals surface area contributed by atoms with Gasteiger partial charge in [-0.05, 0) is 50.2 Å². The Balaban J connectivity index is 1.53. The van der Waals surface area contributed by atoms with Gasteiger partial charge in [-0.1, -0.05) is 25.7 Å². The average Bonchev–Trinajstić information content (AvgIpc) is 2.87. The van der Waals surface area contributed by atoms with Crippen LogP contribution in [-0.2, 0) is 4.79 Å². The molecule has 6 nitrogen and oxygen atoms in total. The van der Waals surface area contributed by atoms with Crippen LogP contribution in [0, 0.1) is 5.92 Å². The van der Waals surface area contributed by atoms with Crippen LogP contribution in [0.4, 0.5) is 5.82 Å². The van der Waals surface area contributed by atoms with Crippen molar-refractivity contribution in [1.29, 1.82) is 0 Å². The fourth-order valence-electron chi connectivity index (χ4n) is 5.12. The lowest BCUT2D eigenvalue weighted by atomic mass is 9.84. The lowest BCUT2D eigenvalue weighted by molar-refractivity contribution is -0.141. The van der Waals surface area contributed by atoms with E-state index < -0.39 is 12.0 Å². The van der Waals surface area contributed by atoms with Gasteiger partial charge in [-0.3, -0.25) is 4.79 Å². The van der Waals surface area contributed by atoms with Gasteiger partial charge in [0.25, 0.3) is 5.91 Å². The number of aliphatic carboxylic acids is 1. The predicted molar refractivity (Wildman–Crippen MR) is 103 cm³/mol. The van der Waals surface area contributed by atoms with E-state index in [0.29, 0.717) is 17.9 Å². The number of aromatic nitrogens is 1. The maximum atomic E-state index is 13.2. The molecule has 0 spiro atoms. The number of carboxylic acids is 1. The number of pyridine rings is 1. The molecule has 3 heterocycles. The molecular formula is C21H29N3O3. The molecule has 0 radical (unpaired) electrons. The van der Waals surface area contributed by atoms with Crippen molar-refractivity contribution < 1.29 is 14.7 Å². The lowest BCUT2D eigenvalue weighted by Crippen LogP contribution is -2.46. The van der Waals surface area contributed by atoms with Gasteiger partial charge in [0.05, 0.1) is 5.56 Å². The van der Waals surface area contributed by atoms with Crippen LogP contribution in [0.15, 0.2) is 18.3 Å². The number of hydrogen-bond acceptors (Lipinski definition) is 4. The van der Waals surface area contributed by atoms with E-state index in [0.717, 1.165) is 44.6 Å². The summed E-state index contributed by atoms with van der Waals surface area (Å²) in [7, 11) is 0. The van der Waals surface area contributed by atoms with E-state index in [2.05, 4.69) is 9.88 Å². The summed E-state index contributed by atoms with van der Waals surface area (Å²) >= 11 is 0. The zero-order valence-corrected chi connectivity index (χ0v) is 15.8. The van der Waals surface area contributed by atoms with E-state index in [4.69, 9.17) is 0 Å². The van der Waals surface area contributed by atoms with Crippen molar-refractivity contribution in [1.82, 2.24) is 9.88 Å². The highest BCUT2D eigenvalue weighted by molar-refractivity contribution is 5.97. The van der Waals surface area contributed by atoms with Crippen molar-refractivity contribution in [2.75, 3.05) is 18.0 Å². The number of anilines is 1. The first-order valence-corrected chi connectivity index (χ1v) is 10.4. The van der Waals surface area contributed by atoms with Crippen molar-refractivity contribution >= 4 is 17.7 Å². The number of fused-ring (bicyclic) bond motifs is 1. The monoisotopic (exact) mass is 371 g/mol. The minimum absolute atomic E-state index is 0.0673.